The quantitative estimate of drug-likeness (QED) is 0.533. The Morgan fingerprint density at radius 2 is 1.89 bits per heavy atom. The second-order valence-corrected chi connectivity index (χ2v) is 6.54. The molecule has 0 aliphatic heterocycles. The molecule has 2 aromatic carbocycles. The number of hydrogen-bond acceptors (Lipinski definition) is 5. The molecule has 0 saturated heterocycles. The van der Waals surface area contributed by atoms with E-state index in [4.69, 9.17) is 9.47 Å². The van der Waals surface area contributed by atoms with Crippen molar-refractivity contribution >= 4 is 11.6 Å². The number of amides is 1. The third-order valence-corrected chi connectivity index (χ3v) is 3.96. The van der Waals surface area contributed by atoms with Crippen LogP contribution >= 0.6 is 0 Å². The van der Waals surface area contributed by atoms with Crippen LogP contribution in [-0.2, 0) is 4.79 Å². The van der Waals surface area contributed by atoms with Crippen LogP contribution in [0, 0.1) is 16.0 Å². The maximum Gasteiger partial charge on any atom is 0.311 e. The smallest absolute Gasteiger partial charge is 0.311 e. The molecule has 1 N–H and O–H groups in total. The first kappa shape index (κ1) is 20.2. The van der Waals surface area contributed by atoms with Crippen molar-refractivity contribution in [2.75, 3.05) is 13.7 Å². The Balaban J connectivity index is 2.00. The number of methoxy groups -OCH3 is 1. The number of ether oxygens (including phenoxy) is 2. The summed E-state index contributed by atoms with van der Waals surface area (Å²) >= 11 is 0. The lowest BCUT2D eigenvalue weighted by molar-refractivity contribution is -0.385. The van der Waals surface area contributed by atoms with Gasteiger partial charge in [0.25, 0.3) is 5.91 Å². The third-order valence-electron chi connectivity index (χ3n) is 3.96. The summed E-state index contributed by atoms with van der Waals surface area (Å²) in [7, 11) is 1.34. The number of hydrogen-bond donors (Lipinski definition) is 1. The molecule has 2 rings (SSSR count). The van der Waals surface area contributed by atoms with E-state index in [1.54, 1.807) is 0 Å². The van der Waals surface area contributed by atoms with Gasteiger partial charge in [-0.3, -0.25) is 14.9 Å². The SMILES string of the molecule is COc1cc(OCC(=O)N[C@H](CC(C)C)c2ccccc2)ccc1[N+](=O)[O-]. The summed E-state index contributed by atoms with van der Waals surface area (Å²) in [6, 6.07) is 13.8. The van der Waals surface area contributed by atoms with E-state index in [0.717, 1.165) is 12.0 Å². The van der Waals surface area contributed by atoms with Gasteiger partial charge in [0, 0.05) is 12.1 Å². The normalized spacial score (nSPS) is 11.7. The van der Waals surface area contributed by atoms with Gasteiger partial charge in [0.2, 0.25) is 5.75 Å². The van der Waals surface area contributed by atoms with Gasteiger partial charge in [-0.1, -0.05) is 44.2 Å². The minimum absolute atomic E-state index is 0.0832. The van der Waals surface area contributed by atoms with Crippen molar-refractivity contribution in [1.82, 2.24) is 5.32 Å². The van der Waals surface area contributed by atoms with Crippen molar-refractivity contribution in [2.24, 2.45) is 5.92 Å². The van der Waals surface area contributed by atoms with Gasteiger partial charge in [-0.25, -0.2) is 0 Å². The van der Waals surface area contributed by atoms with E-state index in [-0.39, 0.29) is 30.0 Å². The van der Waals surface area contributed by atoms with Crippen molar-refractivity contribution in [3.05, 3.63) is 64.2 Å². The summed E-state index contributed by atoms with van der Waals surface area (Å²) < 4.78 is 10.5. The minimum Gasteiger partial charge on any atom is -0.490 e. The lowest BCUT2D eigenvalue weighted by atomic mass is 9.97. The largest absolute Gasteiger partial charge is 0.490 e. The highest BCUT2D eigenvalue weighted by atomic mass is 16.6. The van der Waals surface area contributed by atoms with Gasteiger partial charge in [0.15, 0.2) is 6.61 Å². The van der Waals surface area contributed by atoms with Crippen molar-refractivity contribution in [1.29, 1.82) is 0 Å². The van der Waals surface area contributed by atoms with Crippen molar-refractivity contribution in [2.45, 2.75) is 26.3 Å². The molecule has 0 bridgehead atoms. The van der Waals surface area contributed by atoms with Gasteiger partial charge in [-0.05, 0) is 24.0 Å². The van der Waals surface area contributed by atoms with Gasteiger partial charge in [-0.2, -0.15) is 0 Å². The van der Waals surface area contributed by atoms with Crippen molar-refractivity contribution in [3.8, 4) is 11.5 Å². The second-order valence-electron chi connectivity index (χ2n) is 6.54. The van der Waals surface area contributed by atoms with Crippen molar-refractivity contribution < 1.29 is 19.2 Å². The van der Waals surface area contributed by atoms with E-state index in [0.29, 0.717) is 11.7 Å². The van der Waals surface area contributed by atoms with Gasteiger partial charge in [0.05, 0.1) is 18.1 Å². The molecule has 0 unspecified atom stereocenters. The molecule has 1 atom stereocenters. The topological polar surface area (TPSA) is 90.7 Å². The van der Waals surface area contributed by atoms with Crippen LogP contribution in [0.2, 0.25) is 0 Å². The summed E-state index contributed by atoms with van der Waals surface area (Å²) in [6.45, 7) is 4.01. The Hall–Kier alpha value is -3.09. The number of benzene rings is 2. The number of carbonyl (C=O) groups is 1. The fourth-order valence-electron chi connectivity index (χ4n) is 2.72. The monoisotopic (exact) mass is 372 g/mol. The molecule has 0 aliphatic carbocycles. The van der Waals surface area contributed by atoms with Crippen molar-refractivity contribution in [3.63, 3.8) is 0 Å². The highest BCUT2D eigenvalue weighted by Gasteiger charge is 2.18. The summed E-state index contributed by atoms with van der Waals surface area (Å²) in [6.07, 6.45) is 0.807. The average molecular weight is 372 g/mol. The minimum atomic E-state index is -0.536. The van der Waals surface area contributed by atoms with Crippen LogP contribution in [0.1, 0.15) is 31.9 Å². The number of nitro benzene ring substituents is 1. The maximum absolute atomic E-state index is 12.3. The van der Waals surface area contributed by atoms with Gasteiger partial charge >= 0.3 is 5.69 Å². The molecule has 0 spiro atoms. The Bertz CT molecular complexity index is 777. The molecule has 0 aliphatic rings. The Morgan fingerprint density at radius 3 is 2.48 bits per heavy atom. The van der Waals surface area contributed by atoms with E-state index >= 15 is 0 Å². The summed E-state index contributed by atoms with van der Waals surface area (Å²) in [5, 5.41) is 13.9. The molecule has 0 aromatic heterocycles. The Labute approximate surface area is 158 Å². The molecular weight excluding hydrogens is 348 g/mol. The molecule has 2 aromatic rings. The van der Waals surface area contributed by atoms with E-state index in [1.165, 1.54) is 25.3 Å². The van der Waals surface area contributed by atoms with Gasteiger partial charge in [-0.15, -0.1) is 0 Å². The second kappa shape index (κ2) is 9.56. The summed E-state index contributed by atoms with van der Waals surface area (Å²) in [5.41, 5.74) is 0.881. The molecule has 27 heavy (non-hydrogen) atoms. The number of carbonyl (C=O) groups excluding carboxylic acids is 1. The highest BCUT2D eigenvalue weighted by molar-refractivity contribution is 5.78. The molecule has 1 amide bonds. The van der Waals surface area contributed by atoms with Crippen LogP contribution in [0.5, 0.6) is 11.5 Å². The fraction of sp³-hybridized carbons (Fsp3) is 0.350. The first-order valence-electron chi connectivity index (χ1n) is 8.70. The number of nitro groups is 1. The summed E-state index contributed by atoms with van der Waals surface area (Å²) in [5.74, 6) is 0.560. The van der Waals surface area contributed by atoms with Crippen LogP contribution in [0.15, 0.2) is 48.5 Å². The number of nitrogens with one attached hydrogen (secondary N) is 1. The molecule has 144 valence electrons. The number of nitrogens with zero attached hydrogens (tertiary/aromatic N) is 1. The van der Waals surface area contributed by atoms with E-state index in [9.17, 15) is 14.9 Å². The molecule has 7 heteroatoms. The van der Waals surface area contributed by atoms with Gasteiger partial charge < -0.3 is 14.8 Å². The molecule has 0 heterocycles. The van der Waals surface area contributed by atoms with Gasteiger partial charge in [0.1, 0.15) is 5.75 Å². The van der Waals surface area contributed by atoms with Crippen LogP contribution in [0.4, 0.5) is 5.69 Å². The molecule has 0 radical (unpaired) electrons. The van der Waals surface area contributed by atoms with E-state index in [2.05, 4.69) is 19.2 Å². The zero-order chi connectivity index (χ0) is 19.8. The molecule has 0 saturated carbocycles. The number of rotatable bonds is 9. The fourth-order valence-corrected chi connectivity index (χ4v) is 2.72. The third kappa shape index (κ3) is 5.99. The lowest BCUT2D eigenvalue weighted by Crippen LogP contribution is -2.33. The van der Waals surface area contributed by atoms with E-state index in [1.807, 2.05) is 30.3 Å². The highest BCUT2D eigenvalue weighted by Crippen LogP contribution is 2.30. The van der Waals surface area contributed by atoms with E-state index < -0.39 is 4.92 Å². The molecule has 0 fully saturated rings. The average Bonchev–Trinajstić information content (AvgIpc) is 2.65. The van der Waals surface area contributed by atoms with Crippen LogP contribution < -0.4 is 14.8 Å². The van der Waals surface area contributed by atoms with Crippen LogP contribution in [-0.4, -0.2) is 24.5 Å². The predicted octanol–water partition coefficient (Wildman–Crippen LogP) is 3.89. The lowest BCUT2D eigenvalue weighted by Gasteiger charge is -2.21. The van der Waals surface area contributed by atoms with Crippen LogP contribution in [0.25, 0.3) is 0 Å². The first-order chi connectivity index (χ1) is 12.9. The summed E-state index contributed by atoms with van der Waals surface area (Å²) in [4.78, 5) is 22.7. The molecule has 7 nitrogen and oxygen atoms in total. The predicted molar refractivity (Wildman–Crippen MR) is 102 cm³/mol. The standard InChI is InChI=1S/C20H24N2O5/c1-14(2)11-17(15-7-5-4-6-8-15)21-20(23)13-27-16-9-10-18(22(24)25)19(12-16)26-3/h4-10,12,14,17H,11,13H2,1-3H3,(H,21,23)/t17-/m1/s1. The Kier molecular flexibility index (Phi) is 7.16. The zero-order valence-electron chi connectivity index (χ0n) is 15.7. The first-order valence-corrected chi connectivity index (χ1v) is 8.70. The zero-order valence-corrected chi connectivity index (χ0v) is 15.7. The molecular formula is C20H24N2O5. The Morgan fingerprint density at radius 1 is 1.19 bits per heavy atom. The van der Waals surface area contributed by atoms with Crippen LogP contribution in [0.3, 0.4) is 0 Å². The maximum atomic E-state index is 12.3.